The molecule has 4 rings (SSSR count). The Morgan fingerprint density at radius 1 is 0.970 bits per heavy atom. The number of hydrogen-bond donors (Lipinski definition) is 1. The Hall–Kier alpha value is -3.07. The minimum Gasteiger partial charge on any atom is -0.326 e. The maximum absolute atomic E-state index is 12.8. The van der Waals surface area contributed by atoms with Gasteiger partial charge in [0.2, 0.25) is 15.9 Å². The number of benzene rings is 3. The number of nitrogens with one attached hydrogen (secondary N) is 1. The number of carbonyl (C=O) groups is 1. The molecule has 170 valence electrons. The van der Waals surface area contributed by atoms with E-state index in [4.69, 9.17) is 0 Å². The highest BCUT2D eigenvalue weighted by Crippen LogP contribution is 2.23. The molecule has 0 aliphatic carbocycles. The highest BCUT2D eigenvalue weighted by Gasteiger charge is 2.21. The molecular formula is C25H25N3O3S2. The van der Waals surface area contributed by atoms with Crippen LogP contribution in [0, 0.1) is 0 Å². The second kappa shape index (κ2) is 10.2. The number of anilines is 1. The van der Waals surface area contributed by atoms with Gasteiger partial charge in [0.1, 0.15) is 0 Å². The zero-order valence-electron chi connectivity index (χ0n) is 18.3. The van der Waals surface area contributed by atoms with E-state index in [0.29, 0.717) is 18.5 Å². The van der Waals surface area contributed by atoms with Crippen molar-refractivity contribution in [2.75, 3.05) is 12.4 Å². The van der Waals surface area contributed by atoms with Crippen LogP contribution < -0.4 is 5.32 Å². The predicted molar refractivity (Wildman–Crippen MR) is 133 cm³/mol. The van der Waals surface area contributed by atoms with E-state index in [1.165, 1.54) is 16.4 Å². The van der Waals surface area contributed by atoms with Crippen LogP contribution in [0.25, 0.3) is 10.2 Å². The molecule has 0 spiro atoms. The maximum atomic E-state index is 12.8. The number of aromatic nitrogens is 1. The molecule has 0 saturated carbocycles. The van der Waals surface area contributed by atoms with Gasteiger partial charge in [-0.2, -0.15) is 4.31 Å². The van der Waals surface area contributed by atoms with Crippen LogP contribution in [0.1, 0.15) is 23.4 Å². The van der Waals surface area contributed by atoms with Crippen molar-refractivity contribution in [1.82, 2.24) is 9.29 Å². The number of sulfonamides is 1. The summed E-state index contributed by atoms with van der Waals surface area (Å²) >= 11 is 1.66. The first-order valence-corrected chi connectivity index (χ1v) is 12.9. The number of thiazole rings is 1. The van der Waals surface area contributed by atoms with Crippen LogP contribution in [-0.2, 0) is 27.8 Å². The van der Waals surface area contributed by atoms with Gasteiger partial charge in [-0.1, -0.05) is 42.5 Å². The molecule has 0 bridgehead atoms. The van der Waals surface area contributed by atoms with E-state index in [1.54, 1.807) is 30.5 Å². The molecular weight excluding hydrogens is 454 g/mol. The summed E-state index contributed by atoms with van der Waals surface area (Å²) in [5, 5.41) is 3.86. The normalized spacial score (nSPS) is 11.7. The molecule has 3 aromatic carbocycles. The average Bonchev–Trinajstić information content (AvgIpc) is 3.23. The fraction of sp³-hybridized carbons (Fsp3) is 0.200. The fourth-order valence-corrected chi connectivity index (χ4v) is 5.63. The number of amides is 1. The monoisotopic (exact) mass is 479 g/mol. The van der Waals surface area contributed by atoms with E-state index in [0.717, 1.165) is 27.2 Å². The third kappa shape index (κ3) is 5.84. The minimum absolute atomic E-state index is 0.104. The summed E-state index contributed by atoms with van der Waals surface area (Å²) in [7, 11) is -2.06. The van der Waals surface area contributed by atoms with E-state index < -0.39 is 10.0 Å². The Labute approximate surface area is 198 Å². The molecule has 0 saturated heterocycles. The Balaban J connectivity index is 1.29. The van der Waals surface area contributed by atoms with Crippen molar-refractivity contribution < 1.29 is 13.2 Å². The van der Waals surface area contributed by atoms with E-state index in [9.17, 15) is 13.2 Å². The number of nitrogens with zero attached hydrogens (tertiary/aromatic N) is 2. The van der Waals surface area contributed by atoms with Gasteiger partial charge in [0.15, 0.2) is 0 Å². The molecule has 0 atom stereocenters. The fourth-order valence-electron chi connectivity index (χ4n) is 3.47. The molecule has 0 aliphatic rings. The summed E-state index contributed by atoms with van der Waals surface area (Å²) < 4.78 is 28.2. The number of aryl methyl sites for hydroxylation is 1. The highest BCUT2D eigenvalue weighted by molar-refractivity contribution is 7.89. The number of para-hydroxylation sites is 1. The lowest BCUT2D eigenvalue weighted by Gasteiger charge is -2.17. The van der Waals surface area contributed by atoms with Gasteiger partial charge >= 0.3 is 0 Å². The topological polar surface area (TPSA) is 79.4 Å². The summed E-state index contributed by atoms with van der Waals surface area (Å²) in [5.41, 5.74) is 2.48. The van der Waals surface area contributed by atoms with Crippen LogP contribution in [0.3, 0.4) is 0 Å². The zero-order chi connectivity index (χ0) is 23.3. The Bertz CT molecular complexity index is 1300. The molecule has 0 unspecified atom stereocenters. The van der Waals surface area contributed by atoms with Crippen molar-refractivity contribution in [3.05, 3.63) is 89.4 Å². The van der Waals surface area contributed by atoms with Crippen molar-refractivity contribution in [1.29, 1.82) is 0 Å². The summed E-state index contributed by atoms with van der Waals surface area (Å²) in [5.74, 6) is -0.104. The standard InChI is InChI=1S/C25H25N3O3S2/c1-28(18-19-8-3-2-4-9-19)33(30,31)21-16-14-20(15-17-21)26-24(29)12-7-13-25-27-22-10-5-6-11-23(22)32-25/h2-6,8-11,14-17H,7,12-13,18H2,1H3,(H,26,29). The molecule has 8 heteroatoms. The van der Waals surface area contributed by atoms with Crippen LogP contribution in [0.5, 0.6) is 0 Å². The van der Waals surface area contributed by atoms with Crippen LogP contribution in [0.15, 0.2) is 83.8 Å². The lowest BCUT2D eigenvalue weighted by Crippen LogP contribution is -2.26. The van der Waals surface area contributed by atoms with Crippen LogP contribution in [0.4, 0.5) is 5.69 Å². The number of fused-ring (bicyclic) bond motifs is 1. The first-order chi connectivity index (χ1) is 15.9. The van der Waals surface area contributed by atoms with Gasteiger partial charge in [-0.3, -0.25) is 4.79 Å². The van der Waals surface area contributed by atoms with Crippen LogP contribution >= 0.6 is 11.3 Å². The minimum atomic E-state index is -3.62. The molecule has 1 N–H and O–H groups in total. The average molecular weight is 480 g/mol. The quantitative estimate of drug-likeness (QED) is 0.363. The largest absolute Gasteiger partial charge is 0.326 e. The maximum Gasteiger partial charge on any atom is 0.243 e. The third-order valence-electron chi connectivity index (χ3n) is 5.23. The van der Waals surface area contributed by atoms with Gasteiger partial charge in [-0.15, -0.1) is 11.3 Å². The van der Waals surface area contributed by atoms with Crippen molar-refractivity contribution in [2.45, 2.75) is 30.7 Å². The molecule has 0 fully saturated rings. The first kappa shape index (κ1) is 23.1. The Kier molecular flexibility index (Phi) is 7.17. The molecule has 4 aromatic rings. The van der Waals surface area contributed by atoms with Gasteiger partial charge in [0, 0.05) is 25.7 Å². The molecule has 0 radical (unpaired) electrons. The van der Waals surface area contributed by atoms with E-state index in [-0.39, 0.29) is 17.3 Å². The van der Waals surface area contributed by atoms with E-state index in [2.05, 4.69) is 10.3 Å². The predicted octanol–water partition coefficient (Wildman–Crippen LogP) is 5.08. The number of carbonyl (C=O) groups excluding carboxylic acids is 1. The molecule has 1 heterocycles. The van der Waals surface area contributed by atoms with Gasteiger partial charge in [0.25, 0.3) is 0 Å². The summed E-state index contributed by atoms with van der Waals surface area (Å²) in [4.78, 5) is 17.1. The van der Waals surface area contributed by atoms with Gasteiger partial charge in [0.05, 0.1) is 20.1 Å². The SMILES string of the molecule is CN(Cc1ccccc1)S(=O)(=O)c1ccc(NC(=O)CCCc2nc3ccccc3s2)cc1. The highest BCUT2D eigenvalue weighted by atomic mass is 32.2. The van der Waals surface area contributed by atoms with Gasteiger partial charge in [-0.05, 0) is 54.8 Å². The molecule has 0 aliphatic heterocycles. The number of rotatable bonds is 9. The second-order valence-electron chi connectivity index (χ2n) is 7.75. The van der Waals surface area contributed by atoms with Crippen molar-refractivity contribution in [3.8, 4) is 0 Å². The Morgan fingerprint density at radius 3 is 2.39 bits per heavy atom. The first-order valence-electron chi connectivity index (χ1n) is 10.7. The summed E-state index contributed by atoms with van der Waals surface area (Å²) in [6.07, 6.45) is 1.82. The third-order valence-corrected chi connectivity index (χ3v) is 8.14. The lowest BCUT2D eigenvalue weighted by atomic mass is 10.2. The Morgan fingerprint density at radius 2 is 1.67 bits per heavy atom. The molecule has 1 amide bonds. The van der Waals surface area contributed by atoms with E-state index >= 15 is 0 Å². The lowest BCUT2D eigenvalue weighted by molar-refractivity contribution is -0.116. The molecule has 33 heavy (non-hydrogen) atoms. The van der Waals surface area contributed by atoms with Crippen LogP contribution in [-0.4, -0.2) is 30.7 Å². The summed E-state index contributed by atoms with van der Waals surface area (Å²) in [6, 6.07) is 23.7. The summed E-state index contributed by atoms with van der Waals surface area (Å²) in [6.45, 7) is 0.288. The second-order valence-corrected chi connectivity index (χ2v) is 10.9. The van der Waals surface area contributed by atoms with Crippen molar-refractivity contribution >= 4 is 43.2 Å². The van der Waals surface area contributed by atoms with Crippen LogP contribution in [0.2, 0.25) is 0 Å². The van der Waals surface area contributed by atoms with Crippen molar-refractivity contribution in [2.24, 2.45) is 0 Å². The van der Waals surface area contributed by atoms with Gasteiger partial charge in [-0.25, -0.2) is 13.4 Å². The van der Waals surface area contributed by atoms with Crippen molar-refractivity contribution in [3.63, 3.8) is 0 Å². The van der Waals surface area contributed by atoms with Gasteiger partial charge < -0.3 is 5.32 Å². The smallest absolute Gasteiger partial charge is 0.243 e. The number of hydrogen-bond acceptors (Lipinski definition) is 5. The van der Waals surface area contributed by atoms with E-state index in [1.807, 2.05) is 54.6 Å². The molecule has 6 nitrogen and oxygen atoms in total. The zero-order valence-corrected chi connectivity index (χ0v) is 19.9. The molecule has 1 aromatic heterocycles.